The summed E-state index contributed by atoms with van der Waals surface area (Å²) in [5.41, 5.74) is -0.392. The van der Waals surface area contributed by atoms with Gasteiger partial charge in [0.1, 0.15) is 0 Å². The molecule has 102 valence electrons. The molecule has 1 N–H and O–H groups in total. The predicted octanol–water partition coefficient (Wildman–Crippen LogP) is 1.46. The average Bonchev–Trinajstić information content (AvgIpc) is 2.38. The Morgan fingerprint density at radius 1 is 0.944 bits per heavy atom. The first-order valence-corrected chi connectivity index (χ1v) is 7.97. The van der Waals surface area contributed by atoms with Gasteiger partial charge in [-0.2, -0.15) is 0 Å². The third kappa shape index (κ3) is 1.67. The maximum Gasteiger partial charge on any atom is 0.0932 e. The summed E-state index contributed by atoms with van der Waals surface area (Å²) in [5, 5.41) is 11.2. The lowest BCUT2D eigenvalue weighted by Gasteiger charge is -2.60. The van der Waals surface area contributed by atoms with Crippen molar-refractivity contribution in [1.82, 2.24) is 9.80 Å². The van der Waals surface area contributed by atoms with E-state index >= 15 is 0 Å². The standard InChI is InChI=1S/C15H26N2O/c18-15-9-12(10-16-7-4-2-6-14(15)16)13-5-1-3-8-17(13)11-15/h12-14,18H,1-11H2/t12-,13+,14+,15+/m0/s1. The highest BCUT2D eigenvalue weighted by Crippen LogP contribution is 2.44. The van der Waals surface area contributed by atoms with Crippen LogP contribution in [0.3, 0.4) is 0 Å². The molecule has 3 nitrogen and oxygen atoms in total. The minimum absolute atomic E-state index is 0.392. The van der Waals surface area contributed by atoms with E-state index in [-0.39, 0.29) is 0 Å². The number of hydrogen-bond donors (Lipinski definition) is 1. The topological polar surface area (TPSA) is 26.7 Å². The van der Waals surface area contributed by atoms with E-state index in [1.54, 1.807) is 0 Å². The molecule has 4 fully saturated rings. The Labute approximate surface area is 110 Å². The highest BCUT2D eigenvalue weighted by atomic mass is 16.3. The predicted molar refractivity (Wildman–Crippen MR) is 71.5 cm³/mol. The molecule has 4 aliphatic heterocycles. The monoisotopic (exact) mass is 250 g/mol. The smallest absolute Gasteiger partial charge is 0.0932 e. The first kappa shape index (κ1) is 11.7. The molecule has 0 unspecified atom stereocenters. The van der Waals surface area contributed by atoms with Crippen molar-refractivity contribution in [3.63, 3.8) is 0 Å². The van der Waals surface area contributed by atoms with Gasteiger partial charge in [-0.25, -0.2) is 0 Å². The van der Waals surface area contributed by atoms with Crippen LogP contribution in [0.2, 0.25) is 0 Å². The minimum atomic E-state index is -0.392. The van der Waals surface area contributed by atoms with Gasteiger partial charge in [-0.3, -0.25) is 9.80 Å². The van der Waals surface area contributed by atoms with Crippen molar-refractivity contribution in [2.75, 3.05) is 26.2 Å². The molecular weight excluding hydrogens is 224 g/mol. The van der Waals surface area contributed by atoms with Crippen molar-refractivity contribution in [3.05, 3.63) is 0 Å². The highest BCUT2D eigenvalue weighted by molar-refractivity contribution is 5.09. The van der Waals surface area contributed by atoms with Crippen LogP contribution in [0.1, 0.15) is 44.9 Å². The van der Waals surface area contributed by atoms with Gasteiger partial charge >= 0.3 is 0 Å². The fourth-order valence-electron chi connectivity index (χ4n) is 5.30. The molecule has 0 amide bonds. The molecule has 2 bridgehead atoms. The second-order valence-corrected chi connectivity index (χ2v) is 7.11. The molecule has 0 aromatic carbocycles. The van der Waals surface area contributed by atoms with Crippen LogP contribution in [0, 0.1) is 5.92 Å². The third-order valence-electron chi connectivity index (χ3n) is 6.00. The van der Waals surface area contributed by atoms with Crippen LogP contribution in [0.5, 0.6) is 0 Å². The molecule has 0 aromatic rings. The van der Waals surface area contributed by atoms with E-state index in [1.807, 2.05) is 0 Å². The molecule has 3 heteroatoms. The fraction of sp³-hybridized carbons (Fsp3) is 1.00. The summed E-state index contributed by atoms with van der Waals surface area (Å²) in [6.07, 6.45) is 9.08. The lowest BCUT2D eigenvalue weighted by Crippen LogP contribution is -2.71. The van der Waals surface area contributed by atoms with Crippen molar-refractivity contribution in [3.8, 4) is 0 Å². The fourth-order valence-corrected chi connectivity index (χ4v) is 5.30. The van der Waals surface area contributed by atoms with Gasteiger partial charge in [0, 0.05) is 25.2 Å². The van der Waals surface area contributed by atoms with Gasteiger partial charge in [-0.15, -0.1) is 0 Å². The van der Waals surface area contributed by atoms with Gasteiger partial charge in [0.2, 0.25) is 0 Å². The van der Waals surface area contributed by atoms with Gasteiger partial charge in [0.25, 0.3) is 0 Å². The van der Waals surface area contributed by atoms with E-state index in [1.165, 1.54) is 58.2 Å². The van der Waals surface area contributed by atoms with E-state index in [0.717, 1.165) is 24.9 Å². The number of nitrogens with zero attached hydrogens (tertiary/aromatic N) is 2. The molecule has 4 saturated heterocycles. The van der Waals surface area contributed by atoms with Crippen molar-refractivity contribution in [2.24, 2.45) is 5.92 Å². The van der Waals surface area contributed by atoms with Crippen LogP contribution >= 0.6 is 0 Å². The Bertz CT molecular complexity index is 332. The van der Waals surface area contributed by atoms with E-state index < -0.39 is 5.60 Å². The molecule has 4 atom stereocenters. The zero-order chi connectivity index (χ0) is 12.2. The number of fused-ring (bicyclic) bond motifs is 6. The van der Waals surface area contributed by atoms with E-state index in [4.69, 9.17) is 0 Å². The number of aliphatic hydroxyl groups is 1. The molecule has 4 heterocycles. The summed E-state index contributed by atoms with van der Waals surface area (Å²) in [6.45, 7) is 4.68. The van der Waals surface area contributed by atoms with E-state index in [0.29, 0.717) is 6.04 Å². The van der Waals surface area contributed by atoms with Crippen LogP contribution in [0.15, 0.2) is 0 Å². The largest absolute Gasteiger partial charge is 0.387 e. The third-order valence-corrected chi connectivity index (χ3v) is 6.00. The molecule has 0 aromatic heterocycles. The number of piperidine rings is 4. The Balaban J connectivity index is 1.63. The van der Waals surface area contributed by atoms with Gasteiger partial charge in [-0.05, 0) is 51.1 Å². The molecular formula is C15H26N2O. The normalized spacial score (nSPS) is 49.5. The number of rotatable bonds is 0. The first-order chi connectivity index (χ1) is 8.76. The van der Waals surface area contributed by atoms with Crippen molar-refractivity contribution < 1.29 is 5.11 Å². The van der Waals surface area contributed by atoms with Crippen LogP contribution in [0.4, 0.5) is 0 Å². The Morgan fingerprint density at radius 3 is 2.61 bits per heavy atom. The van der Waals surface area contributed by atoms with Crippen LogP contribution < -0.4 is 0 Å². The first-order valence-electron chi connectivity index (χ1n) is 7.97. The SMILES string of the molecule is O[C@@]12C[C@@H](CN3CCCC[C@@H]31)[C@H]1CCCCN1C2. The average molecular weight is 250 g/mol. The number of hydrogen-bond acceptors (Lipinski definition) is 3. The summed E-state index contributed by atoms with van der Waals surface area (Å²) < 4.78 is 0. The summed E-state index contributed by atoms with van der Waals surface area (Å²) in [6, 6.07) is 1.24. The van der Waals surface area contributed by atoms with Crippen LogP contribution in [-0.2, 0) is 0 Å². The molecule has 4 aliphatic rings. The van der Waals surface area contributed by atoms with E-state index in [9.17, 15) is 5.11 Å². The van der Waals surface area contributed by atoms with Gasteiger partial charge in [-0.1, -0.05) is 12.8 Å². The van der Waals surface area contributed by atoms with Crippen LogP contribution in [-0.4, -0.2) is 58.8 Å². The van der Waals surface area contributed by atoms with Gasteiger partial charge in [0.15, 0.2) is 0 Å². The minimum Gasteiger partial charge on any atom is -0.387 e. The molecule has 18 heavy (non-hydrogen) atoms. The highest BCUT2D eigenvalue weighted by Gasteiger charge is 2.54. The Hall–Kier alpha value is -0.120. The van der Waals surface area contributed by atoms with Gasteiger partial charge in [0.05, 0.1) is 5.60 Å². The molecule has 0 aliphatic carbocycles. The van der Waals surface area contributed by atoms with Crippen molar-refractivity contribution in [2.45, 2.75) is 62.6 Å². The maximum atomic E-state index is 11.2. The molecule has 0 radical (unpaired) electrons. The summed E-state index contributed by atoms with van der Waals surface area (Å²) in [4.78, 5) is 5.26. The lowest BCUT2D eigenvalue weighted by atomic mass is 9.68. The summed E-state index contributed by atoms with van der Waals surface area (Å²) in [5.74, 6) is 0.735. The van der Waals surface area contributed by atoms with Crippen molar-refractivity contribution >= 4 is 0 Å². The zero-order valence-electron chi connectivity index (χ0n) is 11.4. The Kier molecular flexibility index (Phi) is 2.72. The van der Waals surface area contributed by atoms with E-state index in [2.05, 4.69) is 9.80 Å². The quantitative estimate of drug-likeness (QED) is 0.705. The Morgan fingerprint density at radius 2 is 1.72 bits per heavy atom. The zero-order valence-corrected chi connectivity index (χ0v) is 11.4. The second-order valence-electron chi connectivity index (χ2n) is 7.11. The second kappa shape index (κ2) is 4.19. The van der Waals surface area contributed by atoms with Crippen molar-refractivity contribution in [1.29, 1.82) is 0 Å². The molecule has 0 spiro atoms. The van der Waals surface area contributed by atoms with Crippen LogP contribution in [0.25, 0.3) is 0 Å². The summed E-state index contributed by atoms with van der Waals surface area (Å²) >= 11 is 0. The lowest BCUT2D eigenvalue weighted by molar-refractivity contribution is -0.176. The summed E-state index contributed by atoms with van der Waals surface area (Å²) in [7, 11) is 0. The maximum absolute atomic E-state index is 11.2. The molecule has 4 rings (SSSR count). The molecule has 0 saturated carbocycles. The van der Waals surface area contributed by atoms with Gasteiger partial charge < -0.3 is 5.11 Å².